The standard InChI is InChI=1S/C13H12FN3OS/c1-8-16-17-12(19-8)15-11(18)13(6-7-13)9-2-4-10(14)5-3-9/h2-5H,6-7H2,1H3,(H,15,17,18). The minimum absolute atomic E-state index is 0.0877. The zero-order valence-electron chi connectivity index (χ0n) is 10.3. The molecule has 2 aromatic rings. The van der Waals surface area contributed by atoms with Crippen molar-refractivity contribution in [3.05, 3.63) is 40.7 Å². The van der Waals surface area contributed by atoms with Crippen LogP contribution in [0.3, 0.4) is 0 Å². The van der Waals surface area contributed by atoms with Gasteiger partial charge in [0.1, 0.15) is 10.8 Å². The van der Waals surface area contributed by atoms with E-state index in [1.807, 2.05) is 6.92 Å². The van der Waals surface area contributed by atoms with Crippen LogP contribution in [0.25, 0.3) is 0 Å². The second-order valence-electron chi connectivity index (χ2n) is 4.67. The summed E-state index contributed by atoms with van der Waals surface area (Å²) in [6.07, 6.45) is 1.56. The summed E-state index contributed by atoms with van der Waals surface area (Å²) in [6, 6.07) is 6.12. The van der Waals surface area contributed by atoms with Crippen molar-refractivity contribution < 1.29 is 9.18 Å². The molecule has 1 heterocycles. The Morgan fingerprint density at radius 3 is 2.53 bits per heavy atom. The Morgan fingerprint density at radius 1 is 1.32 bits per heavy atom. The highest BCUT2D eigenvalue weighted by atomic mass is 32.1. The Morgan fingerprint density at radius 2 is 2.00 bits per heavy atom. The summed E-state index contributed by atoms with van der Waals surface area (Å²) in [7, 11) is 0. The number of halogens is 1. The van der Waals surface area contributed by atoms with Gasteiger partial charge in [-0.15, -0.1) is 10.2 Å². The second kappa shape index (κ2) is 4.38. The molecule has 19 heavy (non-hydrogen) atoms. The van der Waals surface area contributed by atoms with Gasteiger partial charge in [0, 0.05) is 0 Å². The van der Waals surface area contributed by atoms with E-state index in [9.17, 15) is 9.18 Å². The lowest BCUT2D eigenvalue weighted by Crippen LogP contribution is -2.27. The monoisotopic (exact) mass is 277 g/mol. The number of carbonyl (C=O) groups excluding carboxylic acids is 1. The van der Waals surface area contributed by atoms with Crippen LogP contribution in [0.5, 0.6) is 0 Å². The van der Waals surface area contributed by atoms with E-state index < -0.39 is 5.41 Å². The minimum Gasteiger partial charge on any atom is -0.300 e. The number of benzene rings is 1. The van der Waals surface area contributed by atoms with Gasteiger partial charge in [0.25, 0.3) is 0 Å². The molecular formula is C13H12FN3OS. The van der Waals surface area contributed by atoms with E-state index >= 15 is 0 Å². The summed E-state index contributed by atoms with van der Waals surface area (Å²) >= 11 is 1.34. The molecule has 1 saturated carbocycles. The van der Waals surface area contributed by atoms with E-state index in [-0.39, 0.29) is 11.7 Å². The smallest absolute Gasteiger partial charge is 0.236 e. The van der Waals surface area contributed by atoms with Crippen molar-refractivity contribution in [3.63, 3.8) is 0 Å². The fraction of sp³-hybridized carbons (Fsp3) is 0.308. The Kier molecular flexibility index (Phi) is 2.82. The van der Waals surface area contributed by atoms with Gasteiger partial charge in [-0.3, -0.25) is 10.1 Å². The minimum atomic E-state index is -0.521. The average molecular weight is 277 g/mol. The molecule has 4 nitrogen and oxygen atoms in total. The third kappa shape index (κ3) is 2.23. The number of carbonyl (C=O) groups is 1. The molecule has 1 aliphatic rings. The van der Waals surface area contributed by atoms with Crippen LogP contribution in [0.2, 0.25) is 0 Å². The molecule has 3 rings (SSSR count). The first-order valence-corrected chi connectivity index (χ1v) is 6.79. The van der Waals surface area contributed by atoms with E-state index in [1.54, 1.807) is 12.1 Å². The van der Waals surface area contributed by atoms with E-state index in [4.69, 9.17) is 0 Å². The first-order valence-electron chi connectivity index (χ1n) is 5.98. The van der Waals surface area contributed by atoms with Crippen molar-refractivity contribution in [3.8, 4) is 0 Å². The van der Waals surface area contributed by atoms with Gasteiger partial charge >= 0.3 is 0 Å². The van der Waals surface area contributed by atoms with Crippen molar-refractivity contribution in [1.82, 2.24) is 10.2 Å². The lowest BCUT2D eigenvalue weighted by molar-refractivity contribution is -0.118. The van der Waals surface area contributed by atoms with Gasteiger partial charge in [-0.2, -0.15) is 0 Å². The SMILES string of the molecule is Cc1nnc(NC(=O)C2(c3ccc(F)cc3)CC2)s1. The third-order valence-corrected chi connectivity index (χ3v) is 4.08. The topological polar surface area (TPSA) is 54.9 Å². The second-order valence-corrected chi connectivity index (χ2v) is 5.85. The molecule has 0 radical (unpaired) electrons. The Hall–Kier alpha value is -1.82. The van der Waals surface area contributed by atoms with Gasteiger partial charge in [0.05, 0.1) is 5.41 Å². The van der Waals surface area contributed by atoms with Crippen molar-refractivity contribution >= 4 is 22.4 Å². The average Bonchev–Trinajstić information content (AvgIpc) is 3.10. The maximum Gasteiger partial charge on any atom is 0.236 e. The summed E-state index contributed by atoms with van der Waals surface area (Å²) in [5.74, 6) is -0.380. The van der Waals surface area contributed by atoms with Gasteiger partial charge in [-0.25, -0.2) is 4.39 Å². The molecular weight excluding hydrogens is 265 g/mol. The summed E-state index contributed by atoms with van der Waals surface area (Å²) in [4.78, 5) is 12.3. The Bertz CT molecular complexity index is 619. The van der Waals surface area contributed by atoms with Crippen molar-refractivity contribution in [2.75, 3.05) is 5.32 Å². The summed E-state index contributed by atoms with van der Waals surface area (Å²) in [5, 5.41) is 11.9. The maximum atomic E-state index is 12.9. The zero-order chi connectivity index (χ0) is 13.5. The van der Waals surface area contributed by atoms with Gasteiger partial charge in [0.2, 0.25) is 11.0 Å². The summed E-state index contributed by atoms with van der Waals surface area (Å²) in [6.45, 7) is 1.83. The van der Waals surface area contributed by atoms with Crippen LogP contribution >= 0.6 is 11.3 Å². The maximum absolute atomic E-state index is 12.9. The molecule has 6 heteroatoms. The van der Waals surface area contributed by atoms with Crippen LogP contribution in [0.15, 0.2) is 24.3 Å². The van der Waals surface area contributed by atoms with E-state index in [2.05, 4.69) is 15.5 Å². The molecule has 0 spiro atoms. The quantitative estimate of drug-likeness (QED) is 0.938. The Balaban J connectivity index is 1.81. The lowest BCUT2D eigenvalue weighted by Gasteiger charge is -2.14. The fourth-order valence-electron chi connectivity index (χ4n) is 2.10. The van der Waals surface area contributed by atoms with Crippen LogP contribution in [0, 0.1) is 12.7 Å². The first kappa shape index (κ1) is 12.2. The fourth-order valence-corrected chi connectivity index (χ4v) is 2.69. The number of amides is 1. The molecule has 1 aromatic carbocycles. The number of aryl methyl sites for hydroxylation is 1. The van der Waals surface area contributed by atoms with E-state index in [0.717, 1.165) is 23.4 Å². The molecule has 98 valence electrons. The molecule has 0 atom stereocenters. The van der Waals surface area contributed by atoms with E-state index in [1.165, 1.54) is 23.5 Å². The molecule has 0 bridgehead atoms. The van der Waals surface area contributed by atoms with Crippen LogP contribution in [-0.4, -0.2) is 16.1 Å². The van der Waals surface area contributed by atoms with Crippen LogP contribution < -0.4 is 5.32 Å². The highest BCUT2D eigenvalue weighted by Gasteiger charge is 2.51. The number of hydrogen-bond donors (Lipinski definition) is 1. The third-order valence-electron chi connectivity index (χ3n) is 3.33. The van der Waals surface area contributed by atoms with Gasteiger partial charge in [0.15, 0.2) is 0 Å². The number of anilines is 1. The normalized spacial score (nSPS) is 16.1. The molecule has 1 fully saturated rings. The zero-order valence-corrected chi connectivity index (χ0v) is 11.1. The van der Waals surface area contributed by atoms with Crippen molar-refractivity contribution in [2.24, 2.45) is 0 Å². The molecule has 1 aromatic heterocycles. The molecule has 0 saturated heterocycles. The molecule has 0 aliphatic heterocycles. The predicted octanol–water partition coefficient (Wildman–Crippen LogP) is 2.66. The van der Waals surface area contributed by atoms with Gasteiger partial charge in [-0.1, -0.05) is 23.5 Å². The highest BCUT2D eigenvalue weighted by Crippen LogP contribution is 2.49. The Labute approximate surface area is 113 Å². The summed E-state index contributed by atoms with van der Waals surface area (Å²) < 4.78 is 12.9. The number of nitrogens with one attached hydrogen (secondary N) is 1. The largest absolute Gasteiger partial charge is 0.300 e. The highest BCUT2D eigenvalue weighted by molar-refractivity contribution is 7.15. The number of rotatable bonds is 3. The molecule has 1 N–H and O–H groups in total. The summed E-state index contributed by atoms with van der Waals surface area (Å²) in [5.41, 5.74) is 0.334. The van der Waals surface area contributed by atoms with Gasteiger partial charge < -0.3 is 0 Å². The number of hydrogen-bond acceptors (Lipinski definition) is 4. The predicted molar refractivity (Wildman–Crippen MR) is 70.6 cm³/mol. The molecule has 1 amide bonds. The van der Waals surface area contributed by atoms with Crippen LogP contribution in [0.4, 0.5) is 9.52 Å². The van der Waals surface area contributed by atoms with Crippen LogP contribution in [-0.2, 0) is 10.2 Å². The number of aromatic nitrogens is 2. The van der Waals surface area contributed by atoms with Gasteiger partial charge in [-0.05, 0) is 37.5 Å². The molecule has 1 aliphatic carbocycles. The van der Waals surface area contributed by atoms with Crippen LogP contribution in [0.1, 0.15) is 23.4 Å². The first-order chi connectivity index (χ1) is 9.10. The lowest BCUT2D eigenvalue weighted by atomic mass is 9.95. The molecule has 0 unspecified atom stereocenters. The van der Waals surface area contributed by atoms with Crippen molar-refractivity contribution in [1.29, 1.82) is 0 Å². The number of nitrogens with zero attached hydrogens (tertiary/aromatic N) is 2. The van der Waals surface area contributed by atoms with E-state index in [0.29, 0.717) is 5.13 Å². The van der Waals surface area contributed by atoms with Crippen molar-refractivity contribution in [2.45, 2.75) is 25.2 Å².